The first-order chi connectivity index (χ1) is 13.8. The highest BCUT2D eigenvalue weighted by Gasteiger charge is 2.31. The monoisotopic (exact) mass is 447 g/mol. The molecule has 4 rings (SSSR count). The average Bonchev–Trinajstić information content (AvgIpc) is 3.12. The first-order valence-electron chi connectivity index (χ1n) is 8.84. The van der Waals surface area contributed by atoms with Gasteiger partial charge in [-0.15, -0.1) is 35.8 Å². The lowest BCUT2D eigenvalue weighted by Crippen LogP contribution is -2.44. The van der Waals surface area contributed by atoms with Crippen molar-refractivity contribution in [1.29, 1.82) is 0 Å². The Morgan fingerprint density at radius 2 is 2.00 bits per heavy atom. The van der Waals surface area contributed by atoms with Gasteiger partial charge < -0.3 is 20.5 Å². The molecular formula is C18H18ClF4N5O2. The van der Waals surface area contributed by atoms with Crippen molar-refractivity contribution in [3.05, 3.63) is 36.5 Å². The van der Waals surface area contributed by atoms with Crippen LogP contribution in [0, 0.1) is 0 Å². The number of phenolic OH excluding ortho intramolecular Hbond substituents is 1. The van der Waals surface area contributed by atoms with Crippen molar-refractivity contribution in [1.82, 2.24) is 19.9 Å². The molecule has 0 spiro atoms. The summed E-state index contributed by atoms with van der Waals surface area (Å²) in [7, 11) is 0. The van der Waals surface area contributed by atoms with Gasteiger partial charge in [0.1, 0.15) is 23.4 Å². The number of aromatic hydroxyl groups is 1. The van der Waals surface area contributed by atoms with Gasteiger partial charge in [0.15, 0.2) is 0 Å². The highest BCUT2D eigenvalue weighted by Crippen LogP contribution is 2.35. The number of ether oxygens (including phenoxy) is 1. The third kappa shape index (κ3) is 4.68. The molecule has 0 radical (unpaired) electrons. The molecule has 1 saturated heterocycles. The zero-order valence-electron chi connectivity index (χ0n) is 15.4. The first-order valence-corrected chi connectivity index (χ1v) is 8.84. The number of alkyl halides is 4. The Morgan fingerprint density at radius 3 is 2.70 bits per heavy atom. The zero-order valence-corrected chi connectivity index (χ0v) is 16.2. The molecule has 2 aromatic heterocycles. The Morgan fingerprint density at radius 1 is 1.20 bits per heavy atom. The van der Waals surface area contributed by atoms with Crippen LogP contribution in [-0.4, -0.2) is 51.4 Å². The number of benzene rings is 1. The van der Waals surface area contributed by atoms with Gasteiger partial charge in [0.05, 0.1) is 5.52 Å². The van der Waals surface area contributed by atoms with Crippen LogP contribution in [0.2, 0.25) is 0 Å². The fourth-order valence-electron chi connectivity index (χ4n) is 3.34. The fourth-order valence-corrected chi connectivity index (χ4v) is 3.34. The largest absolute Gasteiger partial charge is 0.573 e. The van der Waals surface area contributed by atoms with Crippen LogP contribution in [0.5, 0.6) is 11.5 Å². The van der Waals surface area contributed by atoms with E-state index in [9.17, 15) is 22.7 Å². The molecule has 2 atom stereocenters. The molecule has 1 aliphatic heterocycles. The van der Waals surface area contributed by atoms with Crippen LogP contribution >= 0.6 is 12.4 Å². The number of nitrogens with one attached hydrogen (secondary N) is 2. The molecule has 0 aliphatic carbocycles. The predicted octanol–water partition coefficient (Wildman–Crippen LogP) is 3.53. The van der Waals surface area contributed by atoms with Gasteiger partial charge in [-0.2, -0.15) is 0 Å². The summed E-state index contributed by atoms with van der Waals surface area (Å²) in [4.78, 5) is 0. The molecule has 0 amide bonds. The van der Waals surface area contributed by atoms with Crippen LogP contribution < -0.4 is 15.4 Å². The number of rotatable bonds is 4. The van der Waals surface area contributed by atoms with Crippen molar-refractivity contribution >= 4 is 23.9 Å². The van der Waals surface area contributed by atoms with Crippen LogP contribution in [0.15, 0.2) is 36.5 Å². The van der Waals surface area contributed by atoms with E-state index in [1.807, 2.05) is 0 Å². The fraction of sp³-hybridized carbons (Fsp3) is 0.333. The molecule has 1 aliphatic rings. The molecular weight excluding hydrogens is 430 g/mol. The number of phenols is 1. The molecule has 1 aromatic carbocycles. The van der Waals surface area contributed by atoms with Gasteiger partial charge in [-0.3, -0.25) is 4.40 Å². The van der Waals surface area contributed by atoms with E-state index in [1.165, 1.54) is 6.07 Å². The summed E-state index contributed by atoms with van der Waals surface area (Å²) in [6.45, 7) is 0.892. The highest BCUT2D eigenvalue weighted by molar-refractivity contribution is 5.85. The molecule has 0 saturated carbocycles. The van der Waals surface area contributed by atoms with E-state index in [1.54, 1.807) is 22.7 Å². The van der Waals surface area contributed by atoms with Crippen molar-refractivity contribution in [2.45, 2.75) is 25.0 Å². The normalized spacial score (nSPS) is 19.3. The van der Waals surface area contributed by atoms with Crippen molar-refractivity contribution in [3.63, 3.8) is 0 Å². The molecule has 162 valence electrons. The van der Waals surface area contributed by atoms with Crippen molar-refractivity contribution < 1.29 is 27.4 Å². The van der Waals surface area contributed by atoms with Crippen molar-refractivity contribution in [2.24, 2.45) is 0 Å². The van der Waals surface area contributed by atoms with Gasteiger partial charge in [0, 0.05) is 43.4 Å². The van der Waals surface area contributed by atoms with Gasteiger partial charge >= 0.3 is 6.36 Å². The van der Waals surface area contributed by atoms with Crippen LogP contribution in [0.3, 0.4) is 0 Å². The van der Waals surface area contributed by atoms with E-state index in [0.29, 0.717) is 31.0 Å². The number of hydrogen-bond donors (Lipinski definition) is 3. The lowest BCUT2D eigenvalue weighted by molar-refractivity contribution is -0.274. The van der Waals surface area contributed by atoms with Gasteiger partial charge in [0.25, 0.3) is 0 Å². The summed E-state index contributed by atoms with van der Waals surface area (Å²) in [6.07, 6.45) is -3.76. The lowest BCUT2D eigenvalue weighted by Gasteiger charge is -2.27. The molecule has 3 N–H and O–H groups in total. The molecule has 0 unspecified atom stereocenters. The standard InChI is InChI=1S/C18H17F4N5O2.ClH/c19-10-6-11(9-23-8-10)24-17-26-25-16(14-2-1-5-27(14)17)13-4-3-12(7-15(13)28)29-18(20,21)22;/h1-5,7,10-11,23,28H,6,8-9H2,(H,24,26);1H/t10-,11-;/m1./s1. The number of piperidine rings is 1. The highest BCUT2D eigenvalue weighted by atomic mass is 35.5. The number of halogens is 5. The molecule has 3 heterocycles. The minimum absolute atomic E-state index is 0. The van der Waals surface area contributed by atoms with E-state index in [4.69, 9.17) is 0 Å². The molecule has 7 nitrogen and oxygen atoms in total. The van der Waals surface area contributed by atoms with Crippen molar-refractivity contribution in [2.75, 3.05) is 18.4 Å². The van der Waals surface area contributed by atoms with Gasteiger partial charge in [0.2, 0.25) is 5.95 Å². The third-order valence-corrected chi connectivity index (χ3v) is 4.55. The second-order valence-corrected chi connectivity index (χ2v) is 6.69. The van der Waals surface area contributed by atoms with Gasteiger partial charge in [-0.1, -0.05) is 0 Å². The Balaban J connectivity index is 0.00000256. The minimum atomic E-state index is -4.86. The smallest absolute Gasteiger partial charge is 0.507 e. The summed E-state index contributed by atoms with van der Waals surface area (Å²) in [5, 5.41) is 24.6. The van der Waals surface area contributed by atoms with E-state index in [2.05, 4.69) is 25.6 Å². The summed E-state index contributed by atoms with van der Waals surface area (Å²) in [5.74, 6) is -0.574. The average molecular weight is 448 g/mol. The Labute approximate surface area is 174 Å². The number of hydrogen-bond acceptors (Lipinski definition) is 6. The number of aromatic nitrogens is 3. The topological polar surface area (TPSA) is 83.7 Å². The van der Waals surface area contributed by atoms with Crippen molar-refractivity contribution in [3.8, 4) is 22.8 Å². The van der Waals surface area contributed by atoms with E-state index in [0.717, 1.165) is 12.1 Å². The van der Waals surface area contributed by atoms with E-state index < -0.39 is 24.0 Å². The molecule has 30 heavy (non-hydrogen) atoms. The second kappa shape index (κ2) is 8.52. The first kappa shape index (κ1) is 21.9. The maximum atomic E-state index is 13.6. The zero-order chi connectivity index (χ0) is 20.6. The maximum Gasteiger partial charge on any atom is 0.573 e. The summed E-state index contributed by atoms with van der Waals surface area (Å²) < 4.78 is 56.2. The number of fused-ring (bicyclic) bond motifs is 1. The molecule has 1 fully saturated rings. The number of nitrogens with zero attached hydrogens (tertiary/aromatic N) is 3. The SMILES string of the molecule is Cl.Oc1cc(OC(F)(F)F)ccc1-c1nnc(N[C@H]2CNC[C@H](F)C2)n2cccc12. The van der Waals surface area contributed by atoms with Crippen LogP contribution in [0.1, 0.15) is 6.42 Å². The minimum Gasteiger partial charge on any atom is -0.507 e. The lowest BCUT2D eigenvalue weighted by atomic mass is 10.1. The van der Waals surface area contributed by atoms with E-state index in [-0.39, 0.29) is 29.7 Å². The summed E-state index contributed by atoms with van der Waals surface area (Å²) in [6, 6.07) is 6.53. The molecule has 3 aromatic rings. The van der Waals surface area contributed by atoms with Crippen LogP contribution in [0.25, 0.3) is 16.8 Å². The van der Waals surface area contributed by atoms with Crippen LogP contribution in [0.4, 0.5) is 23.5 Å². The quantitative estimate of drug-likeness (QED) is 0.531. The van der Waals surface area contributed by atoms with Crippen LogP contribution in [-0.2, 0) is 0 Å². The van der Waals surface area contributed by atoms with Gasteiger partial charge in [-0.25, -0.2) is 4.39 Å². The predicted molar refractivity (Wildman–Crippen MR) is 104 cm³/mol. The molecule has 0 bridgehead atoms. The third-order valence-electron chi connectivity index (χ3n) is 4.55. The summed E-state index contributed by atoms with van der Waals surface area (Å²) in [5.41, 5.74) is 1.05. The Hall–Kier alpha value is -2.79. The maximum absolute atomic E-state index is 13.6. The Kier molecular flexibility index (Phi) is 6.22. The Bertz CT molecular complexity index is 1030. The summed E-state index contributed by atoms with van der Waals surface area (Å²) >= 11 is 0. The number of anilines is 1. The second-order valence-electron chi connectivity index (χ2n) is 6.69. The van der Waals surface area contributed by atoms with E-state index >= 15 is 0 Å². The van der Waals surface area contributed by atoms with Gasteiger partial charge in [-0.05, 0) is 24.3 Å². The molecule has 12 heteroatoms.